The summed E-state index contributed by atoms with van der Waals surface area (Å²) in [5, 5.41) is 9.44. The van der Waals surface area contributed by atoms with Crippen LogP contribution in [0.25, 0.3) is 0 Å². The lowest BCUT2D eigenvalue weighted by molar-refractivity contribution is -0.119. The zero-order valence-corrected chi connectivity index (χ0v) is 19.9. The third-order valence-corrected chi connectivity index (χ3v) is 6.01. The normalized spacial score (nSPS) is 23.7. The van der Waals surface area contributed by atoms with Crippen LogP contribution in [0.4, 0.5) is 0 Å². The van der Waals surface area contributed by atoms with Crippen LogP contribution in [0.2, 0.25) is 0 Å². The number of nitrogens with zero attached hydrogens (tertiary/aromatic N) is 2. The fraction of sp³-hybridized carbons (Fsp3) is 0.591. The van der Waals surface area contributed by atoms with Crippen LogP contribution >= 0.6 is 24.0 Å². The summed E-state index contributed by atoms with van der Waals surface area (Å²) in [5.41, 5.74) is 1.75. The van der Waals surface area contributed by atoms with E-state index in [2.05, 4.69) is 27.8 Å². The molecule has 1 aliphatic carbocycles. The molecule has 7 nitrogen and oxygen atoms in total. The molecule has 0 bridgehead atoms. The molecule has 3 aliphatic rings. The van der Waals surface area contributed by atoms with Crippen LogP contribution in [0.1, 0.15) is 54.9 Å². The average molecular weight is 525 g/mol. The fourth-order valence-corrected chi connectivity index (χ4v) is 4.33. The number of hydrogen-bond acceptors (Lipinski definition) is 3. The molecule has 2 amide bonds. The highest BCUT2D eigenvalue weighted by Crippen LogP contribution is 2.36. The third-order valence-electron chi connectivity index (χ3n) is 6.01. The zero-order chi connectivity index (χ0) is 20.3. The van der Waals surface area contributed by atoms with Gasteiger partial charge >= 0.3 is 0 Å². The lowest BCUT2D eigenvalue weighted by Gasteiger charge is -2.40. The van der Waals surface area contributed by atoms with Gasteiger partial charge in [0.2, 0.25) is 5.91 Å². The van der Waals surface area contributed by atoms with Crippen LogP contribution in [0, 0.1) is 5.41 Å². The zero-order valence-electron chi connectivity index (χ0n) is 17.6. The van der Waals surface area contributed by atoms with Crippen molar-refractivity contribution in [3.8, 4) is 0 Å². The molecule has 8 heteroatoms. The second-order valence-electron chi connectivity index (χ2n) is 8.60. The van der Waals surface area contributed by atoms with Crippen molar-refractivity contribution >= 4 is 41.8 Å². The van der Waals surface area contributed by atoms with Gasteiger partial charge in [-0.2, -0.15) is 0 Å². The maximum absolute atomic E-state index is 12.3. The van der Waals surface area contributed by atoms with Gasteiger partial charge in [-0.3, -0.25) is 9.59 Å². The first kappa shape index (κ1) is 22.8. The molecular formula is C22H32IN5O2. The van der Waals surface area contributed by atoms with Crippen molar-refractivity contribution < 1.29 is 9.59 Å². The highest BCUT2D eigenvalue weighted by atomic mass is 127. The Morgan fingerprint density at radius 1 is 1.37 bits per heavy atom. The molecule has 3 fully saturated rings. The minimum Gasteiger partial charge on any atom is -0.357 e. The molecule has 1 atom stereocenters. The van der Waals surface area contributed by atoms with Crippen molar-refractivity contribution in [1.29, 1.82) is 0 Å². The van der Waals surface area contributed by atoms with E-state index in [4.69, 9.17) is 4.99 Å². The second-order valence-corrected chi connectivity index (χ2v) is 8.60. The van der Waals surface area contributed by atoms with Crippen LogP contribution in [0.5, 0.6) is 0 Å². The van der Waals surface area contributed by atoms with E-state index in [1.54, 1.807) is 0 Å². The predicted octanol–water partition coefficient (Wildman–Crippen LogP) is 2.26. The van der Waals surface area contributed by atoms with Gasteiger partial charge < -0.3 is 20.9 Å². The summed E-state index contributed by atoms with van der Waals surface area (Å²) < 4.78 is 0. The largest absolute Gasteiger partial charge is 0.357 e. The van der Waals surface area contributed by atoms with Crippen LogP contribution in [0.15, 0.2) is 29.3 Å². The number of likely N-dealkylation sites (tertiary alicyclic amines) is 1. The van der Waals surface area contributed by atoms with Crippen molar-refractivity contribution in [3.63, 3.8) is 0 Å². The summed E-state index contributed by atoms with van der Waals surface area (Å²) in [6.45, 7) is 5.95. The van der Waals surface area contributed by atoms with Crippen LogP contribution in [0.3, 0.4) is 0 Å². The quantitative estimate of drug-likeness (QED) is 0.313. The molecule has 1 aromatic rings. The summed E-state index contributed by atoms with van der Waals surface area (Å²) in [6.07, 6.45) is 4.93. The maximum atomic E-state index is 12.3. The van der Waals surface area contributed by atoms with Crippen molar-refractivity contribution in [2.24, 2.45) is 10.4 Å². The number of nitrogens with one attached hydrogen (secondary N) is 3. The summed E-state index contributed by atoms with van der Waals surface area (Å²) in [5.74, 6) is 1.05. The Labute approximate surface area is 195 Å². The van der Waals surface area contributed by atoms with Gasteiger partial charge in [-0.25, -0.2) is 4.99 Å². The van der Waals surface area contributed by atoms with E-state index >= 15 is 0 Å². The number of guanidine groups is 1. The number of halogens is 1. The van der Waals surface area contributed by atoms with Crippen LogP contribution < -0.4 is 16.0 Å². The Hall–Kier alpha value is -1.84. The SMILES string of the molecule is CCNC(=NCc1cccc(C(=O)NC2CC2)c1)N1CCCC2(CNC(=O)C2)C1.I. The van der Waals surface area contributed by atoms with Crippen LogP contribution in [-0.2, 0) is 11.3 Å². The molecule has 4 rings (SSSR count). The first-order valence-corrected chi connectivity index (χ1v) is 10.8. The van der Waals surface area contributed by atoms with E-state index in [1.807, 2.05) is 24.3 Å². The monoisotopic (exact) mass is 525 g/mol. The lowest BCUT2D eigenvalue weighted by atomic mass is 9.79. The van der Waals surface area contributed by atoms with E-state index in [0.29, 0.717) is 24.6 Å². The molecule has 2 aliphatic heterocycles. The molecule has 30 heavy (non-hydrogen) atoms. The first-order chi connectivity index (χ1) is 14.1. The Kier molecular flexibility index (Phi) is 7.60. The van der Waals surface area contributed by atoms with Gasteiger partial charge in [-0.15, -0.1) is 24.0 Å². The number of benzene rings is 1. The molecule has 2 heterocycles. The molecule has 3 N–H and O–H groups in total. The number of piperidine rings is 1. The summed E-state index contributed by atoms with van der Waals surface area (Å²) in [4.78, 5) is 31.2. The molecule has 0 radical (unpaired) electrons. The lowest BCUT2D eigenvalue weighted by Crippen LogP contribution is -2.51. The van der Waals surface area contributed by atoms with Gasteiger partial charge in [0.25, 0.3) is 5.91 Å². The smallest absolute Gasteiger partial charge is 0.251 e. The van der Waals surface area contributed by atoms with Crippen molar-refractivity contribution in [1.82, 2.24) is 20.9 Å². The molecule has 2 saturated heterocycles. The first-order valence-electron chi connectivity index (χ1n) is 10.8. The minimum atomic E-state index is 0. The fourth-order valence-electron chi connectivity index (χ4n) is 4.33. The Morgan fingerprint density at radius 3 is 2.90 bits per heavy atom. The van der Waals surface area contributed by atoms with Crippen molar-refractivity contribution in [2.45, 2.75) is 51.6 Å². The number of aliphatic imine (C=N–C) groups is 1. The number of hydrogen-bond donors (Lipinski definition) is 3. The van der Waals surface area contributed by atoms with Crippen molar-refractivity contribution in [3.05, 3.63) is 35.4 Å². The summed E-state index contributed by atoms with van der Waals surface area (Å²) in [6, 6.07) is 8.08. The van der Waals surface area contributed by atoms with Crippen LogP contribution in [-0.4, -0.2) is 54.9 Å². The van der Waals surface area contributed by atoms with Gasteiger partial charge in [-0.1, -0.05) is 12.1 Å². The van der Waals surface area contributed by atoms with E-state index in [0.717, 1.165) is 63.4 Å². The van der Waals surface area contributed by atoms with Gasteiger partial charge in [0.05, 0.1) is 6.54 Å². The maximum Gasteiger partial charge on any atom is 0.251 e. The summed E-state index contributed by atoms with van der Waals surface area (Å²) in [7, 11) is 0. The highest BCUT2D eigenvalue weighted by Gasteiger charge is 2.42. The number of carbonyl (C=O) groups is 2. The van der Waals surface area contributed by atoms with Gasteiger partial charge in [0, 0.05) is 49.6 Å². The molecular weight excluding hydrogens is 493 g/mol. The number of carbonyl (C=O) groups excluding carboxylic acids is 2. The molecule has 1 spiro atoms. The topological polar surface area (TPSA) is 85.8 Å². The van der Waals surface area contributed by atoms with E-state index in [-0.39, 0.29) is 41.2 Å². The number of amides is 2. The molecule has 1 saturated carbocycles. The van der Waals surface area contributed by atoms with Gasteiger partial charge in [-0.05, 0) is 50.3 Å². The van der Waals surface area contributed by atoms with E-state index in [9.17, 15) is 9.59 Å². The predicted molar refractivity (Wildman–Crippen MR) is 128 cm³/mol. The Balaban J connectivity index is 0.00000256. The third kappa shape index (κ3) is 5.65. The van der Waals surface area contributed by atoms with E-state index < -0.39 is 0 Å². The van der Waals surface area contributed by atoms with Crippen molar-refractivity contribution in [2.75, 3.05) is 26.2 Å². The Bertz CT molecular complexity index is 810. The minimum absolute atomic E-state index is 0. The molecule has 1 unspecified atom stereocenters. The second kappa shape index (κ2) is 9.98. The molecule has 0 aromatic heterocycles. The highest BCUT2D eigenvalue weighted by molar-refractivity contribution is 14.0. The Morgan fingerprint density at radius 2 is 2.20 bits per heavy atom. The van der Waals surface area contributed by atoms with Gasteiger partial charge in [0.1, 0.15) is 0 Å². The molecule has 164 valence electrons. The van der Waals surface area contributed by atoms with E-state index in [1.165, 1.54) is 0 Å². The molecule has 1 aromatic carbocycles. The average Bonchev–Trinajstić information content (AvgIpc) is 3.47. The standard InChI is InChI=1S/C22H31N5O2.HI/c1-2-23-21(27-10-4-9-22(15-27)12-19(28)25-14-22)24-13-16-5-3-6-17(11-16)20(29)26-18-7-8-18;/h3,5-6,11,18H,2,4,7-10,12-15H2,1H3,(H,23,24)(H,25,28)(H,26,29);1H. The summed E-state index contributed by atoms with van der Waals surface area (Å²) >= 11 is 0. The number of rotatable bonds is 5. The van der Waals surface area contributed by atoms with Gasteiger partial charge in [0.15, 0.2) is 5.96 Å².